The Morgan fingerprint density at radius 1 is 1.64 bits per heavy atom. The van der Waals surface area contributed by atoms with Gasteiger partial charge in [-0.25, -0.2) is 4.98 Å². The van der Waals surface area contributed by atoms with E-state index in [4.69, 9.17) is 4.74 Å². The van der Waals surface area contributed by atoms with Gasteiger partial charge in [-0.3, -0.25) is 10.1 Å². The number of hydrogen-bond donors (Lipinski definition) is 0. The predicted molar refractivity (Wildman–Crippen MR) is 52.2 cm³/mol. The normalized spacial score (nSPS) is 15.2. The van der Waals surface area contributed by atoms with Crippen LogP contribution < -0.4 is 4.74 Å². The fourth-order valence-corrected chi connectivity index (χ4v) is 1.30. The highest BCUT2D eigenvalue weighted by Crippen LogP contribution is 2.32. The highest BCUT2D eigenvalue weighted by molar-refractivity contribution is 9.10. The maximum absolute atomic E-state index is 10.6. The van der Waals surface area contributed by atoms with Gasteiger partial charge in [0.2, 0.25) is 0 Å². The minimum absolute atomic E-state index is 0.0914. The molecule has 0 spiro atoms. The molecule has 0 aromatic carbocycles. The summed E-state index contributed by atoms with van der Waals surface area (Å²) in [5.74, 6) is 0.112. The SMILES string of the molecule is O=[N+]([O-])c1cc(Br)cnc1OC1CC1. The molecule has 0 unspecified atom stereocenters. The predicted octanol–water partition coefficient (Wildman–Crippen LogP) is 2.29. The third kappa shape index (κ3) is 2.01. The first-order chi connectivity index (χ1) is 6.66. The Labute approximate surface area is 88.4 Å². The van der Waals surface area contributed by atoms with Crippen molar-refractivity contribution in [2.24, 2.45) is 0 Å². The van der Waals surface area contributed by atoms with E-state index in [1.807, 2.05) is 0 Å². The molecule has 14 heavy (non-hydrogen) atoms. The molecule has 0 atom stereocenters. The summed E-state index contributed by atoms with van der Waals surface area (Å²) in [6.07, 6.45) is 3.51. The van der Waals surface area contributed by atoms with Crippen LogP contribution in [0.25, 0.3) is 0 Å². The molecule has 5 nitrogen and oxygen atoms in total. The molecule has 2 rings (SSSR count). The molecule has 1 heterocycles. The number of hydrogen-bond acceptors (Lipinski definition) is 4. The van der Waals surface area contributed by atoms with Crippen LogP contribution in [0.5, 0.6) is 5.88 Å². The monoisotopic (exact) mass is 258 g/mol. The van der Waals surface area contributed by atoms with Gasteiger partial charge in [0.1, 0.15) is 6.10 Å². The van der Waals surface area contributed by atoms with Crippen molar-refractivity contribution in [3.63, 3.8) is 0 Å². The summed E-state index contributed by atoms with van der Waals surface area (Å²) in [4.78, 5) is 14.0. The molecular formula is C8H7BrN2O3. The van der Waals surface area contributed by atoms with Gasteiger partial charge in [-0.2, -0.15) is 0 Å². The van der Waals surface area contributed by atoms with Crippen molar-refractivity contribution in [2.75, 3.05) is 0 Å². The Kier molecular flexibility index (Phi) is 2.37. The number of nitrogens with zero attached hydrogens (tertiary/aromatic N) is 2. The minimum atomic E-state index is -0.491. The lowest BCUT2D eigenvalue weighted by molar-refractivity contribution is -0.386. The number of aromatic nitrogens is 1. The van der Waals surface area contributed by atoms with Crippen LogP contribution in [0, 0.1) is 10.1 Å². The summed E-state index contributed by atoms with van der Waals surface area (Å²) in [7, 11) is 0. The zero-order valence-electron chi connectivity index (χ0n) is 7.14. The number of halogens is 1. The molecular weight excluding hydrogens is 252 g/mol. The fourth-order valence-electron chi connectivity index (χ4n) is 0.981. The van der Waals surface area contributed by atoms with E-state index in [1.54, 1.807) is 0 Å². The van der Waals surface area contributed by atoms with Gasteiger partial charge in [0.05, 0.1) is 4.92 Å². The van der Waals surface area contributed by atoms with Crippen LogP contribution in [0.4, 0.5) is 5.69 Å². The highest BCUT2D eigenvalue weighted by Gasteiger charge is 2.28. The second kappa shape index (κ2) is 3.53. The quantitative estimate of drug-likeness (QED) is 0.617. The van der Waals surface area contributed by atoms with Gasteiger partial charge in [-0.05, 0) is 28.8 Å². The molecule has 1 aliphatic rings. The van der Waals surface area contributed by atoms with Crippen molar-refractivity contribution >= 4 is 21.6 Å². The molecule has 0 amide bonds. The van der Waals surface area contributed by atoms with Gasteiger partial charge in [0.25, 0.3) is 5.88 Å². The van der Waals surface area contributed by atoms with Crippen LogP contribution in [0.2, 0.25) is 0 Å². The van der Waals surface area contributed by atoms with Crippen LogP contribution in [0.3, 0.4) is 0 Å². The van der Waals surface area contributed by atoms with Crippen LogP contribution >= 0.6 is 15.9 Å². The molecule has 74 valence electrons. The molecule has 1 aromatic heterocycles. The average Bonchev–Trinajstić information content (AvgIpc) is 2.91. The van der Waals surface area contributed by atoms with Crippen LogP contribution in [-0.4, -0.2) is 16.0 Å². The van der Waals surface area contributed by atoms with Gasteiger partial charge in [-0.15, -0.1) is 0 Å². The zero-order chi connectivity index (χ0) is 10.1. The number of nitro groups is 1. The summed E-state index contributed by atoms with van der Waals surface area (Å²) in [5.41, 5.74) is -0.0914. The summed E-state index contributed by atoms with van der Waals surface area (Å²) in [6, 6.07) is 1.39. The highest BCUT2D eigenvalue weighted by atomic mass is 79.9. The molecule has 1 aliphatic carbocycles. The standard InChI is InChI=1S/C8H7BrN2O3/c9-5-3-7(11(12)13)8(10-4-5)14-6-1-2-6/h3-4,6H,1-2H2. The van der Waals surface area contributed by atoms with Crippen molar-refractivity contribution < 1.29 is 9.66 Å². The van der Waals surface area contributed by atoms with Crippen LogP contribution in [-0.2, 0) is 0 Å². The summed E-state index contributed by atoms with van der Waals surface area (Å²) in [6.45, 7) is 0. The minimum Gasteiger partial charge on any atom is -0.469 e. The van der Waals surface area contributed by atoms with Crippen molar-refractivity contribution in [1.82, 2.24) is 4.98 Å². The van der Waals surface area contributed by atoms with Gasteiger partial charge in [-0.1, -0.05) is 0 Å². The number of pyridine rings is 1. The van der Waals surface area contributed by atoms with Crippen molar-refractivity contribution in [3.8, 4) is 5.88 Å². The van der Waals surface area contributed by atoms with Gasteiger partial charge in [0.15, 0.2) is 0 Å². The molecule has 0 aliphatic heterocycles. The summed E-state index contributed by atoms with van der Waals surface area (Å²) >= 11 is 3.12. The molecule has 0 bridgehead atoms. The van der Waals surface area contributed by atoms with Gasteiger partial charge < -0.3 is 4.74 Å². The van der Waals surface area contributed by atoms with E-state index < -0.39 is 4.92 Å². The van der Waals surface area contributed by atoms with E-state index in [9.17, 15) is 10.1 Å². The number of rotatable bonds is 3. The maximum Gasteiger partial charge on any atom is 0.332 e. The molecule has 0 N–H and O–H groups in total. The molecule has 1 aromatic rings. The summed E-state index contributed by atoms with van der Waals surface area (Å²) < 4.78 is 5.88. The first kappa shape index (κ1) is 9.39. The van der Waals surface area contributed by atoms with E-state index in [1.165, 1.54) is 12.3 Å². The largest absolute Gasteiger partial charge is 0.469 e. The lowest BCUT2D eigenvalue weighted by atomic mass is 10.4. The topological polar surface area (TPSA) is 65.3 Å². The lowest BCUT2D eigenvalue weighted by Gasteiger charge is -2.03. The van der Waals surface area contributed by atoms with Crippen molar-refractivity contribution in [3.05, 3.63) is 26.9 Å². The second-order valence-corrected chi connectivity index (χ2v) is 3.97. The van der Waals surface area contributed by atoms with Gasteiger partial charge in [0, 0.05) is 16.7 Å². The second-order valence-electron chi connectivity index (χ2n) is 3.05. The maximum atomic E-state index is 10.6. The van der Waals surface area contributed by atoms with Crippen molar-refractivity contribution in [2.45, 2.75) is 18.9 Å². The summed E-state index contributed by atoms with van der Waals surface area (Å²) in [5, 5.41) is 10.6. The van der Waals surface area contributed by atoms with Crippen molar-refractivity contribution in [1.29, 1.82) is 0 Å². The Morgan fingerprint density at radius 2 is 2.36 bits per heavy atom. The Balaban J connectivity index is 2.31. The van der Waals surface area contributed by atoms with E-state index in [0.717, 1.165) is 12.8 Å². The Bertz CT molecular complexity index is 379. The fraction of sp³-hybridized carbons (Fsp3) is 0.375. The first-order valence-electron chi connectivity index (χ1n) is 4.13. The first-order valence-corrected chi connectivity index (χ1v) is 4.92. The van der Waals surface area contributed by atoms with Crippen LogP contribution in [0.15, 0.2) is 16.7 Å². The Morgan fingerprint density at radius 3 is 2.93 bits per heavy atom. The third-order valence-electron chi connectivity index (χ3n) is 1.80. The lowest BCUT2D eigenvalue weighted by Crippen LogP contribution is -2.02. The molecule has 0 saturated heterocycles. The van der Waals surface area contributed by atoms with Crippen LogP contribution in [0.1, 0.15) is 12.8 Å². The average molecular weight is 259 g/mol. The smallest absolute Gasteiger partial charge is 0.332 e. The molecule has 1 saturated carbocycles. The third-order valence-corrected chi connectivity index (χ3v) is 2.23. The van der Waals surface area contributed by atoms with E-state index in [0.29, 0.717) is 4.47 Å². The van der Waals surface area contributed by atoms with E-state index in [-0.39, 0.29) is 17.7 Å². The molecule has 6 heteroatoms. The molecule has 0 radical (unpaired) electrons. The zero-order valence-corrected chi connectivity index (χ0v) is 8.73. The molecule has 1 fully saturated rings. The van der Waals surface area contributed by atoms with E-state index in [2.05, 4.69) is 20.9 Å². The van der Waals surface area contributed by atoms with E-state index >= 15 is 0 Å². The van der Waals surface area contributed by atoms with Gasteiger partial charge >= 0.3 is 5.69 Å². The Hall–Kier alpha value is -1.17. The number of ether oxygens (including phenoxy) is 1.